The Bertz CT molecular complexity index is 184. The number of amides is 1. The van der Waals surface area contributed by atoms with Gasteiger partial charge in [0.05, 0.1) is 13.2 Å². The summed E-state index contributed by atoms with van der Waals surface area (Å²) in [6.45, 7) is 6.14. The molecule has 94 valence electrons. The van der Waals surface area contributed by atoms with Gasteiger partial charge in [-0.25, -0.2) is 0 Å². The largest absolute Gasteiger partial charge is 0.379 e. The molecule has 0 aliphatic rings. The van der Waals surface area contributed by atoms with E-state index in [1.807, 2.05) is 6.08 Å². The summed E-state index contributed by atoms with van der Waals surface area (Å²) in [7, 11) is 0. The fourth-order valence-corrected chi connectivity index (χ4v) is 1.23. The number of unbranched alkanes of at least 4 members (excludes halogenated alkanes) is 2. The van der Waals surface area contributed by atoms with E-state index < -0.39 is 0 Å². The van der Waals surface area contributed by atoms with E-state index in [1.165, 1.54) is 0 Å². The molecule has 1 amide bonds. The Morgan fingerprint density at radius 1 is 1.31 bits per heavy atom. The highest BCUT2D eigenvalue weighted by atomic mass is 16.5. The van der Waals surface area contributed by atoms with Gasteiger partial charge in [0.1, 0.15) is 0 Å². The summed E-state index contributed by atoms with van der Waals surface area (Å²) < 4.78 is 5.26. The van der Waals surface area contributed by atoms with Gasteiger partial charge in [-0.15, -0.1) is 6.58 Å². The van der Waals surface area contributed by atoms with Crippen LogP contribution >= 0.6 is 0 Å². The first-order valence-corrected chi connectivity index (χ1v) is 5.96. The Hall–Kier alpha value is -0.870. The van der Waals surface area contributed by atoms with Crippen LogP contribution in [0.5, 0.6) is 0 Å². The Kier molecular flexibility index (Phi) is 11.5. The Morgan fingerprint density at radius 2 is 2.12 bits per heavy atom. The van der Waals surface area contributed by atoms with Crippen LogP contribution in [0.3, 0.4) is 0 Å². The van der Waals surface area contributed by atoms with Gasteiger partial charge in [0.2, 0.25) is 5.91 Å². The van der Waals surface area contributed by atoms with E-state index in [2.05, 4.69) is 11.9 Å². The molecule has 0 aromatic heterocycles. The first-order chi connectivity index (χ1) is 7.81. The van der Waals surface area contributed by atoms with Crippen LogP contribution in [0.2, 0.25) is 0 Å². The second kappa shape index (κ2) is 12.2. The third kappa shape index (κ3) is 11.2. The number of nitrogens with one attached hydrogen (secondary N) is 1. The fraction of sp³-hybridized carbons (Fsp3) is 0.750. The minimum absolute atomic E-state index is 0.101. The van der Waals surface area contributed by atoms with Crippen molar-refractivity contribution in [3.8, 4) is 0 Å². The smallest absolute Gasteiger partial charge is 0.220 e. The molecule has 0 saturated carbocycles. The Labute approximate surface area is 98.2 Å². The maximum Gasteiger partial charge on any atom is 0.220 e. The summed E-state index contributed by atoms with van der Waals surface area (Å²) in [4.78, 5) is 11.3. The van der Waals surface area contributed by atoms with Gasteiger partial charge in [-0.1, -0.05) is 12.5 Å². The molecule has 0 rings (SSSR count). The molecule has 0 fully saturated rings. The molecule has 0 aliphatic carbocycles. The number of ether oxygens (including phenoxy) is 1. The van der Waals surface area contributed by atoms with Crippen molar-refractivity contribution in [3.05, 3.63) is 12.7 Å². The summed E-state index contributed by atoms with van der Waals surface area (Å²) in [5.41, 5.74) is 5.36. The first-order valence-electron chi connectivity index (χ1n) is 5.96. The lowest BCUT2D eigenvalue weighted by Gasteiger charge is -2.05. The van der Waals surface area contributed by atoms with E-state index >= 15 is 0 Å². The predicted octanol–water partition coefficient (Wildman–Crippen LogP) is 1.21. The van der Waals surface area contributed by atoms with Crippen molar-refractivity contribution in [3.63, 3.8) is 0 Å². The van der Waals surface area contributed by atoms with Gasteiger partial charge in [-0.2, -0.15) is 0 Å². The van der Waals surface area contributed by atoms with Gasteiger partial charge in [0.25, 0.3) is 0 Å². The van der Waals surface area contributed by atoms with Crippen LogP contribution in [0.25, 0.3) is 0 Å². The van der Waals surface area contributed by atoms with Gasteiger partial charge in [0, 0.05) is 13.0 Å². The lowest BCUT2D eigenvalue weighted by atomic mass is 10.2. The van der Waals surface area contributed by atoms with Crippen molar-refractivity contribution in [2.75, 3.05) is 26.3 Å². The summed E-state index contributed by atoms with van der Waals surface area (Å²) in [6.07, 6.45) is 6.20. The van der Waals surface area contributed by atoms with Crippen LogP contribution < -0.4 is 11.1 Å². The third-order valence-corrected chi connectivity index (χ3v) is 2.14. The summed E-state index contributed by atoms with van der Waals surface area (Å²) in [6, 6.07) is 0. The molecule has 3 N–H and O–H groups in total. The normalized spacial score (nSPS) is 10.1. The van der Waals surface area contributed by atoms with Crippen LogP contribution in [0.1, 0.15) is 32.1 Å². The van der Waals surface area contributed by atoms with Crippen LogP contribution in [-0.2, 0) is 9.53 Å². The minimum Gasteiger partial charge on any atom is -0.379 e. The second-order valence-corrected chi connectivity index (χ2v) is 3.64. The van der Waals surface area contributed by atoms with Crippen molar-refractivity contribution in [2.45, 2.75) is 32.1 Å². The van der Waals surface area contributed by atoms with Gasteiger partial charge in [-0.05, 0) is 25.8 Å². The zero-order chi connectivity index (χ0) is 12.1. The highest BCUT2D eigenvalue weighted by Crippen LogP contribution is 1.97. The van der Waals surface area contributed by atoms with E-state index in [1.54, 1.807) is 0 Å². The van der Waals surface area contributed by atoms with Gasteiger partial charge in [-0.3, -0.25) is 4.79 Å². The third-order valence-electron chi connectivity index (χ3n) is 2.14. The molecule has 0 bridgehead atoms. The number of carbonyl (C=O) groups excluding carboxylic acids is 1. The number of hydrogen-bond acceptors (Lipinski definition) is 3. The number of hydrogen-bond donors (Lipinski definition) is 2. The maximum atomic E-state index is 11.3. The topological polar surface area (TPSA) is 64.3 Å². The SMILES string of the molecule is C=CCCOCCNC(=O)CCCCCN. The maximum absolute atomic E-state index is 11.3. The zero-order valence-electron chi connectivity index (χ0n) is 10.0. The molecule has 0 saturated heterocycles. The summed E-state index contributed by atoms with van der Waals surface area (Å²) in [5, 5.41) is 2.82. The highest BCUT2D eigenvalue weighted by molar-refractivity contribution is 5.75. The molecular weight excluding hydrogens is 204 g/mol. The molecule has 0 unspecified atom stereocenters. The number of rotatable bonds is 11. The summed E-state index contributed by atoms with van der Waals surface area (Å²) in [5.74, 6) is 0.101. The molecule has 16 heavy (non-hydrogen) atoms. The Balaban J connectivity index is 3.14. The lowest BCUT2D eigenvalue weighted by molar-refractivity contribution is -0.121. The monoisotopic (exact) mass is 228 g/mol. The lowest BCUT2D eigenvalue weighted by Crippen LogP contribution is -2.27. The van der Waals surface area contributed by atoms with Crippen molar-refractivity contribution in [2.24, 2.45) is 5.73 Å². The average Bonchev–Trinajstić information content (AvgIpc) is 2.29. The van der Waals surface area contributed by atoms with E-state index in [4.69, 9.17) is 10.5 Å². The molecular formula is C12H24N2O2. The number of carbonyl (C=O) groups is 1. The fourth-order valence-electron chi connectivity index (χ4n) is 1.23. The van der Waals surface area contributed by atoms with E-state index in [0.29, 0.717) is 32.7 Å². The van der Waals surface area contributed by atoms with Crippen LogP contribution in [0.4, 0.5) is 0 Å². The zero-order valence-corrected chi connectivity index (χ0v) is 10.0. The molecule has 0 radical (unpaired) electrons. The molecule has 0 spiro atoms. The molecule has 0 aromatic rings. The molecule has 0 aromatic carbocycles. The molecule has 0 heterocycles. The van der Waals surface area contributed by atoms with Crippen LogP contribution in [-0.4, -0.2) is 32.2 Å². The van der Waals surface area contributed by atoms with Crippen molar-refractivity contribution in [1.82, 2.24) is 5.32 Å². The van der Waals surface area contributed by atoms with Crippen molar-refractivity contribution >= 4 is 5.91 Å². The van der Waals surface area contributed by atoms with E-state index in [-0.39, 0.29) is 5.91 Å². The van der Waals surface area contributed by atoms with Gasteiger partial charge >= 0.3 is 0 Å². The highest BCUT2D eigenvalue weighted by Gasteiger charge is 1.99. The summed E-state index contributed by atoms with van der Waals surface area (Å²) >= 11 is 0. The Morgan fingerprint density at radius 3 is 2.81 bits per heavy atom. The quantitative estimate of drug-likeness (QED) is 0.413. The van der Waals surface area contributed by atoms with E-state index in [0.717, 1.165) is 25.7 Å². The molecule has 4 nitrogen and oxygen atoms in total. The van der Waals surface area contributed by atoms with Crippen molar-refractivity contribution < 1.29 is 9.53 Å². The standard InChI is InChI=1S/C12H24N2O2/c1-2-3-10-16-11-9-14-12(15)7-5-4-6-8-13/h2H,1,3-11,13H2,(H,14,15). The van der Waals surface area contributed by atoms with Crippen molar-refractivity contribution in [1.29, 1.82) is 0 Å². The second-order valence-electron chi connectivity index (χ2n) is 3.64. The van der Waals surface area contributed by atoms with Gasteiger partial charge < -0.3 is 15.8 Å². The average molecular weight is 228 g/mol. The number of nitrogens with two attached hydrogens (primary N) is 1. The molecule has 0 aliphatic heterocycles. The predicted molar refractivity (Wildman–Crippen MR) is 66.2 cm³/mol. The van der Waals surface area contributed by atoms with Crippen LogP contribution in [0.15, 0.2) is 12.7 Å². The first kappa shape index (κ1) is 15.1. The van der Waals surface area contributed by atoms with Gasteiger partial charge in [0.15, 0.2) is 0 Å². The van der Waals surface area contributed by atoms with E-state index in [9.17, 15) is 4.79 Å². The molecule has 0 atom stereocenters. The molecule has 4 heteroatoms. The van der Waals surface area contributed by atoms with Crippen LogP contribution in [0, 0.1) is 0 Å². The minimum atomic E-state index is 0.101.